The van der Waals surface area contributed by atoms with Crippen molar-refractivity contribution >= 4 is 84.8 Å². The van der Waals surface area contributed by atoms with Crippen LogP contribution in [0.4, 0.5) is 0 Å². The lowest BCUT2D eigenvalue weighted by Crippen LogP contribution is -1.99. The molecule has 2 nitrogen and oxygen atoms in total. The quantitative estimate of drug-likeness (QED) is 0.117. The second kappa shape index (κ2) is 13.9. The van der Waals surface area contributed by atoms with Gasteiger partial charge >= 0.3 is 0 Å². The number of fused-ring (bicyclic) bond motifs is 4. The lowest BCUT2D eigenvalue weighted by molar-refractivity contribution is 1.14. The molecule has 298 valence electrons. The van der Waals surface area contributed by atoms with Crippen LogP contribution in [0, 0.1) is 0 Å². The molecular weight excluding hydrogens is 813 g/mol. The van der Waals surface area contributed by atoms with Gasteiger partial charge in [0.25, 0.3) is 0 Å². The minimum absolute atomic E-state index is 1.15. The molecule has 12 aromatic rings. The molecule has 0 radical (unpaired) electrons. The number of hydrogen-bond acceptors (Lipinski definition) is 2. The number of para-hydroxylation sites is 2. The topological polar surface area (TPSA) is 9.86 Å². The van der Waals surface area contributed by atoms with Crippen LogP contribution in [-0.2, 0) is 0 Å². The van der Waals surface area contributed by atoms with E-state index < -0.39 is 0 Å². The van der Waals surface area contributed by atoms with E-state index in [1.165, 1.54) is 118 Å². The minimum atomic E-state index is 1.15. The summed E-state index contributed by atoms with van der Waals surface area (Å²) in [5.41, 5.74) is 17.3. The van der Waals surface area contributed by atoms with Gasteiger partial charge in [-0.1, -0.05) is 170 Å². The van der Waals surface area contributed by atoms with Crippen LogP contribution >= 0.6 is 22.7 Å². The summed E-state index contributed by atoms with van der Waals surface area (Å²) in [5.74, 6) is 0. The van der Waals surface area contributed by atoms with Crippen molar-refractivity contribution in [3.8, 4) is 67.3 Å². The van der Waals surface area contributed by atoms with Crippen molar-refractivity contribution in [3.05, 3.63) is 218 Å². The van der Waals surface area contributed by atoms with E-state index >= 15 is 0 Å². The zero-order valence-electron chi connectivity index (χ0n) is 34.5. The maximum atomic E-state index is 2.54. The highest BCUT2D eigenvalue weighted by atomic mass is 32.1. The Morgan fingerprint density at radius 3 is 0.953 bits per heavy atom. The molecule has 0 amide bonds. The fourth-order valence-electron chi connectivity index (χ4n) is 10.7. The van der Waals surface area contributed by atoms with E-state index in [2.05, 4.69) is 228 Å². The monoisotopic (exact) mass is 848 g/mol. The Labute approximate surface area is 377 Å². The van der Waals surface area contributed by atoms with Gasteiger partial charge in [-0.2, -0.15) is 0 Å². The first-order valence-corrected chi connectivity index (χ1v) is 23.5. The lowest BCUT2D eigenvalue weighted by atomic mass is 9.90. The largest absolute Gasteiger partial charge is 0.308 e. The van der Waals surface area contributed by atoms with Crippen molar-refractivity contribution in [1.29, 1.82) is 0 Å². The van der Waals surface area contributed by atoms with Crippen LogP contribution < -0.4 is 0 Å². The maximum Gasteiger partial charge on any atom is 0.0621 e. The van der Waals surface area contributed by atoms with Crippen LogP contribution in [0.2, 0.25) is 0 Å². The molecule has 2 aromatic heterocycles. The summed E-state index contributed by atoms with van der Waals surface area (Å²) in [6.07, 6.45) is 0. The third-order valence-corrected chi connectivity index (χ3v) is 15.4. The molecule has 2 aliphatic heterocycles. The standard InChI is InChI=1S/C60H36N2S2/c1-7-19-37(20-8-1)51-45-35-49-53-43(59(45)61(41-27-15-5-16-28-41)57(51)39-23-11-3-12-24-39)31-33-48-55(53)56-47(63-49)34-32-44-54(56)50(64-48)36-46-52(38-21-9-2-10-22-38)58(40-25-13-4-14-26-40)62(60(44)46)42-29-17-6-18-30-42/h1-36H. The van der Waals surface area contributed by atoms with Crippen LogP contribution in [0.25, 0.3) is 129 Å². The smallest absolute Gasteiger partial charge is 0.0621 e. The van der Waals surface area contributed by atoms with Gasteiger partial charge in [-0.05, 0) is 70.8 Å². The predicted molar refractivity (Wildman–Crippen MR) is 275 cm³/mol. The Hall–Kier alpha value is -7.76. The zero-order valence-corrected chi connectivity index (χ0v) is 36.1. The van der Waals surface area contributed by atoms with E-state index in [4.69, 9.17) is 0 Å². The second-order valence-corrected chi connectivity index (χ2v) is 18.9. The minimum Gasteiger partial charge on any atom is -0.308 e. The molecular formula is C60H36N2S2. The normalized spacial score (nSPS) is 12.1. The molecule has 0 unspecified atom stereocenters. The SMILES string of the molecule is c1ccc(-c2c(-c3ccccc3)n(-c3ccccc3)c3c2cc2sc4ccc5c6c4-c4c(ccc3c42)sc6cc2c(-c3ccccc3)c(-c3ccccc3)n(-c3ccccc3)c25)cc1. The van der Waals surface area contributed by atoms with E-state index in [9.17, 15) is 0 Å². The van der Waals surface area contributed by atoms with Crippen molar-refractivity contribution < 1.29 is 0 Å². The Morgan fingerprint density at radius 1 is 0.266 bits per heavy atom. The van der Waals surface area contributed by atoms with Gasteiger partial charge in [0.15, 0.2) is 0 Å². The Morgan fingerprint density at radius 2 is 0.594 bits per heavy atom. The predicted octanol–water partition coefficient (Wildman–Crippen LogP) is 17.5. The molecule has 2 aliphatic rings. The highest BCUT2D eigenvalue weighted by Gasteiger charge is 2.30. The Balaban J connectivity index is 1.16. The van der Waals surface area contributed by atoms with E-state index in [0.29, 0.717) is 0 Å². The Kier molecular flexibility index (Phi) is 7.76. The summed E-state index contributed by atoms with van der Waals surface area (Å²) >= 11 is 3.87. The van der Waals surface area contributed by atoms with Gasteiger partial charge in [-0.15, -0.1) is 22.7 Å². The van der Waals surface area contributed by atoms with Crippen molar-refractivity contribution in [2.45, 2.75) is 0 Å². The van der Waals surface area contributed by atoms with Crippen LogP contribution in [0.1, 0.15) is 0 Å². The van der Waals surface area contributed by atoms with Gasteiger partial charge in [-0.3, -0.25) is 0 Å². The average molecular weight is 849 g/mol. The van der Waals surface area contributed by atoms with Gasteiger partial charge < -0.3 is 9.13 Å². The summed E-state index contributed by atoms with van der Waals surface area (Å²) in [5, 5.41) is 7.77. The highest BCUT2D eigenvalue weighted by molar-refractivity contribution is 7.27. The van der Waals surface area contributed by atoms with Crippen molar-refractivity contribution in [2.24, 2.45) is 0 Å². The molecule has 0 saturated carbocycles. The first-order chi connectivity index (χ1) is 31.8. The number of hydrogen-bond donors (Lipinski definition) is 0. The molecule has 0 N–H and O–H groups in total. The Bertz CT molecular complexity index is 3740. The van der Waals surface area contributed by atoms with E-state index in [1.807, 2.05) is 22.7 Å². The van der Waals surface area contributed by atoms with Crippen LogP contribution in [-0.4, -0.2) is 9.13 Å². The number of aromatic nitrogens is 2. The molecule has 4 heteroatoms. The molecule has 0 aliphatic carbocycles. The maximum absolute atomic E-state index is 2.54. The summed E-state index contributed by atoms with van der Waals surface area (Å²) < 4.78 is 10.3. The number of nitrogens with zero attached hydrogens (tertiary/aromatic N) is 2. The third kappa shape index (κ3) is 5.06. The van der Waals surface area contributed by atoms with Crippen LogP contribution in [0.5, 0.6) is 0 Å². The van der Waals surface area contributed by atoms with Gasteiger partial charge in [0.2, 0.25) is 0 Å². The summed E-state index contributed by atoms with van der Waals surface area (Å²) in [4.78, 5) is 0. The molecule has 10 aromatic carbocycles. The van der Waals surface area contributed by atoms with E-state index in [1.54, 1.807) is 0 Å². The molecule has 4 heterocycles. The molecule has 64 heavy (non-hydrogen) atoms. The van der Waals surface area contributed by atoms with Gasteiger partial charge in [0, 0.05) is 84.7 Å². The van der Waals surface area contributed by atoms with Crippen LogP contribution in [0.15, 0.2) is 218 Å². The molecule has 14 rings (SSSR count). The third-order valence-electron chi connectivity index (χ3n) is 13.2. The highest BCUT2D eigenvalue weighted by Crippen LogP contribution is 2.57. The molecule has 0 spiro atoms. The van der Waals surface area contributed by atoms with E-state index in [0.717, 1.165) is 11.4 Å². The average Bonchev–Trinajstić information content (AvgIpc) is 3.90. The van der Waals surface area contributed by atoms with E-state index in [-0.39, 0.29) is 0 Å². The first kappa shape index (κ1) is 35.8. The number of benzene rings is 10. The van der Waals surface area contributed by atoms with Gasteiger partial charge in [0.05, 0.1) is 22.4 Å². The van der Waals surface area contributed by atoms with Gasteiger partial charge in [-0.25, -0.2) is 0 Å². The van der Waals surface area contributed by atoms with Gasteiger partial charge in [0.1, 0.15) is 0 Å². The number of rotatable bonds is 6. The fraction of sp³-hybridized carbons (Fsp3) is 0. The second-order valence-electron chi connectivity index (χ2n) is 16.7. The lowest BCUT2D eigenvalue weighted by Gasteiger charge is -2.22. The molecule has 0 saturated heterocycles. The fourth-order valence-corrected chi connectivity index (χ4v) is 13.1. The molecule has 0 bridgehead atoms. The molecule has 0 fully saturated rings. The van der Waals surface area contributed by atoms with Crippen molar-refractivity contribution in [1.82, 2.24) is 9.13 Å². The van der Waals surface area contributed by atoms with Crippen molar-refractivity contribution in [2.75, 3.05) is 0 Å². The zero-order chi connectivity index (χ0) is 41.9. The summed E-state index contributed by atoms with van der Waals surface area (Å²) in [6, 6.07) is 80.4. The van der Waals surface area contributed by atoms with Crippen LogP contribution in [0.3, 0.4) is 0 Å². The summed E-state index contributed by atoms with van der Waals surface area (Å²) in [6.45, 7) is 0. The first-order valence-electron chi connectivity index (χ1n) is 21.8. The summed E-state index contributed by atoms with van der Waals surface area (Å²) in [7, 11) is 0. The van der Waals surface area contributed by atoms with Crippen molar-refractivity contribution in [3.63, 3.8) is 0 Å². The molecule has 0 atom stereocenters.